The van der Waals surface area contributed by atoms with Crippen LogP contribution < -0.4 is 4.74 Å². The Labute approximate surface area is 357 Å². The Bertz CT molecular complexity index is 2830. The number of ether oxygens (including phenoxy) is 1. The minimum Gasteiger partial charge on any atom is -0.486 e. The standard InChI is InChI=1S/C51H46F4N4O3/c1-4-6-17-33(5-2)30-59-43-27-26-36(45(58-62-32(3)60)39-24-15-16-25-44(39)61-31-51(54,55)50(52)53)28-40(43)41-29-42(37-22-13-14-23-38(37)48(41)59)49-56-46(34-18-9-7-10-19-34)47(57-49)35-20-11-8-12-21-35/h7-16,18-29,33,50H,4-6,17,30-31H2,1-3H3,(H,56,57). The van der Waals surface area contributed by atoms with Gasteiger partial charge in [0.2, 0.25) is 0 Å². The van der Waals surface area contributed by atoms with E-state index in [4.69, 9.17) is 14.6 Å². The monoisotopic (exact) mass is 838 g/mol. The molecule has 0 aliphatic carbocycles. The average Bonchev–Trinajstić information content (AvgIpc) is 3.87. The van der Waals surface area contributed by atoms with E-state index in [-0.39, 0.29) is 17.0 Å². The first-order valence-electron chi connectivity index (χ1n) is 20.9. The fourth-order valence-corrected chi connectivity index (χ4v) is 8.18. The molecule has 0 saturated carbocycles. The lowest BCUT2D eigenvalue weighted by atomic mass is 9.97. The van der Waals surface area contributed by atoms with Crippen molar-refractivity contribution >= 4 is 44.3 Å². The van der Waals surface area contributed by atoms with Crippen LogP contribution in [-0.2, 0) is 16.2 Å². The van der Waals surface area contributed by atoms with E-state index in [1.807, 2.05) is 78.9 Å². The molecule has 1 unspecified atom stereocenters. The normalized spacial score (nSPS) is 12.7. The number of halogens is 4. The second-order valence-electron chi connectivity index (χ2n) is 15.5. The van der Waals surface area contributed by atoms with Gasteiger partial charge in [0.15, 0.2) is 6.61 Å². The van der Waals surface area contributed by atoms with Gasteiger partial charge in [-0.05, 0) is 48.1 Å². The van der Waals surface area contributed by atoms with Gasteiger partial charge in [-0.25, -0.2) is 18.6 Å². The maximum absolute atomic E-state index is 14.1. The Hall–Kier alpha value is -6.75. The summed E-state index contributed by atoms with van der Waals surface area (Å²) >= 11 is 0. The van der Waals surface area contributed by atoms with Crippen LogP contribution in [0, 0.1) is 5.92 Å². The molecule has 0 aliphatic heterocycles. The van der Waals surface area contributed by atoms with Gasteiger partial charge in [-0.1, -0.05) is 141 Å². The molecule has 62 heavy (non-hydrogen) atoms. The summed E-state index contributed by atoms with van der Waals surface area (Å²) in [4.78, 5) is 26.4. The van der Waals surface area contributed by atoms with Crippen molar-refractivity contribution in [3.63, 3.8) is 0 Å². The summed E-state index contributed by atoms with van der Waals surface area (Å²) in [5.74, 6) is -4.14. The van der Waals surface area contributed by atoms with E-state index < -0.39 is 24.9 Å². The molecule has 7 nitrogen and oxygen atoms in total. The lowest BCUT2D eigenvalue weighted by Crippen LogP contribution is -2.34. The van der Waals surface area contributed by atoms with Crippen molar-refractivity contribution in [1.29, 1.82) is 0 Å². The van der Waals surface area contributed by atoms with Crippen molar-refractivity contribution in [2.45, 2.75) is 65.3 Å². The van der Waals surface area contributed by atoms with Crippen LogP contribution in [0.4, 0.5) is 17.6 Å². The molecule has 0 fully saturated rings. The molecule has 0 radical (unpaired) electrons. The summed E-state index contributed by atoms with van der Waals surface area (Å²) in [5.41, 5.74) is 7.33. The lowest BCUT2D eigenvalue weighted by Gasteiger charge is -2.19. The third-order valence-electron chi connectivity index (χ3n) is 11.3. The van der Waals surface area contributed by atoms with Gasteiger partial charge in [-0.15, -0.1) is 0 Å². The van der Waals surface area contributed by atoms with Gasteiger partial charge in [-0.2, -0.15) is 8.78 Å². The number of aromatic nitrogens is 3. The van der Waals surface area contributed by atoms with Gasteiger partial charge in [0.05, 0.1) is 16.9 Å². The van der Waals surface area contributed by atoms with Crippen LogP contribution in [-0.4, -0.2) is 45.2 Å². The van der Waals surface area contributed by atoms with Crippen molar-refractivity contribution in [2.24, 2.45) is 11.1 Å². The van der Waals surface area contributed by atoms with Gasteiger partial charge in [-0.3, -0.25) is 0 Å². The van der Waals surface area contributed by atoms with Crippen molar-refractivity contribution in [2.75, 3.05) is 6.61 Å². The highest BCUT2D eigenvalue weighted by atomic mass is 19.3. The number of unbranched alkanes of at least 4 members (excludes halogenated alkanes) is 1. The van der Waals surface area contributed by atoms with Crippen molar-refractivity contribution in [3.05, 3.63) is 145 Å². The fourth-order valence-electron chi connectivity index (χ4n) is 8.18. The first-order valence-corrected chi connectivity index (χ1v) is 20.9. The predicted octanol–water partition coefficient (Wildman–Crippen LogP) is 13.5. The number of carbonyl (C=O) groups excluding carboxylic acids is 1. The average molecular weight is 839 g/mol. The summed E-state index contributed by atoms with van der Waals surface area (Å²) in [6.45, 7) is 4.82. The molecule has 316 valence electrons. The zero-order valence-electron chi connectivity index (χ0n) is 34.7. The number of fused-ring (bicyclic) bond motifs is 5. The highest BCUT2D eigenvalue weighted by Gasteiger charge is 2.42. The minimum atomic E-state index is -4.40. The van der Waals surface area contributed by atoms with Gasteiger partial charge in [0.1, 0.15) is 17.3 Å². The van der Waals surface area contributed by atoms with E-state index in [9.17, 15) is 22.4 Å². The van der Waals surface area contributed by atoms with Crippen molar-refractivity contribution < 1.29 is 31.9 Å². The first kappa shape index (κ1) is 42.0. The van der Waals surface area contributed by atoms with Gasteiger partial charge in [0, 0.05) is 63.0 Å². The summed E-state index contributed by atoms with van der Waals surface area (Å²) in [6, 6.07) is 42.6. The minimum absolute atomic E-state index is 0.0976. The van der Waals surface area contributed by atoms with Crippen LogP contribution in [0.2, 0.25) is 0 Å². The predicted molar refractivity (Wildman–Crippen MR) is 239 cm³/mol. The maximum Gasteiger partial charge on any atom is 0.340 e. The van der Waals surface area contributed by atoms with Crippen LogP contribution in [0.1, 0.15) is 57.6 Å². The first-order chi connectivity index (χ1) is 30.1. The van der Waals surface area contributed by atoms with E-state index in [2.05, 4.69) is 58.9 Å². The van der Waals surface area contributed by atoms with E-state index in [0.29, 0.717) is 17.3 Å². The van der Waals surface area contributed by atoms with Gasteiger partial charge >= 0.3 is 18.3 Å². The third kappa shape index (κ3) is 8.44. The number of H-pyrrole nitrogens is 1. The molecular formula is C51H46F4N4O3. The van der Waals surface area contributed by atoms with Crippen LogP contribution in [0.15, 0.2) is 139 Å². The van der Waals surface area contributed by atoms with Crippen LogP contribution in [0.25, 0.3) is 66.5 Å². The maximum atomic E-state index is 14.1. The molecule has 1 N–H and O–H groups in total. The van der Waals surface area contributed by atoms with Gasteiger partial charge < -0.3 is 19.1 Å². The van der Waals surface area contributed by atoms with E-state index in [1.165, 1.54) is 19.1 Å². The van der Waals surface area contributed by atoms with E-state index in [0.717, 1.165) is 92.9 Å². The molecular weight excluding hydrogens is 793 g/mol. The molecule has 11 heteroatoms. The number of benzene rings is 6. The zero-order valence-corrected chi connectivity index (χ0v) is 34.7. The highest BCUT2D eigenvalue weighted by Crippen LogP contribution is 2.42. The Morgan fingerprint density at radius 1 is 0.806 bits per heavy atom. The number of imidazole rings is 1. The van der Waals surface area contributed by atoms with E-state index in [1.54, 1.807) is 12.1 Å². The second kappa shape index (κ2) is 18.1. The number of nitrogens with one attached hydrogen (secondary N) is 1. The molecule has 2 aromatic heterocycles. The molecule has 8 aromatic rings. The number of nitrogens with zero attached hydrogens (tertiary/aromatic N) is 3. The van der Waals surface area contributed by atoms with E-state index >= 15 is 0 Å². The zero-order chi connectivity index (χ0) is 43.4. The van der Waals surface area contributed by atoms with Crippen molar-refractivity contribution in [3.8, 4) is 39.7 Å². The number of carbonyl (C=O) groups is 1. The number of aromatic amines is 1. The summed E-state index contributed by atoms with van der Waals surface area (Å²) in [7, 11) is 0. The van der Waals surface area contributed by atoms with Crippen LogP contribution >= 0.6 is 0 Å². The number of hydrogen-bond donors (Lipinski definition) is 1. The summed E-state index contributed by atoms with van der Waals surface area (Å²) < 4.78 is 62.4. The number of para-hydroxylation sites is 1. The number of rotatable bonds is 16. The Morgan fingerprint density at radius 2 is 1.48 bits per heavy atom. The summed E-state index contributed by atoms with van der Waals surface area (Å²) in [6.07, 6.45) is 0.340. The molecule has 8 rings (SSSR count). The molecule has 0 bridgehead atoms. The third-order valence-corrected chi connectivity index (χ3v) is 11.3. The smallest absolute Gasteiger partial charge is 0.340 e. The molecule has 0 saturated heterocycles. The molecule has 1 atom stereocenters. The lowest BCUT2D eigenvalue weighted by molar-refractivity contribution is -0.148. The van der Waals surface area contributed by atoms with Crippen molar-refractivity contribution in [1.82, 2.24) is 14.5 Å². The quantitative estimate of drug-likeness (QED) is 0.0455. The Kier molecular flexibility index (Phi) is 12.2. The molecule has 2 heterocycles. The number of oxime groups is 1. The molecule has 0 amide bonds. The fraction of sp³-hybridized carbons (Fsp3) is 0.235. The van der Waals surface area contributed by atoms with Crippen LogP contribution in [0.3, 0.4) is 0 Å². The Morgan fingerprint density at radius 3 is 2.18 bits per heavy atom. The SMILES string of the molecule is CCCCC(CC)Cn1c2ccc(C(=NOC(C)=O)c3ccccc3OCC(F)(F)C(F)F)cc2c2cc(-c3nc(-c4ccccc4)c(-c4ccccc4)[nH]3)c3ccccc3c21. The Balaban J connectivity index is 1.38. The van der Waals surface area contributed by atoms with Crippen LogP contribution in [0.5, 0.6) is 5.75 Å². The number of hydrogen-bond acceptors (Lipinski definition) is 5. The largest absolute Gasteiger partial charge is 0.486 e. The van der Waals surface area contributed by atoms with Gasteiger partial charge in [0.25, 0.3) is 0 Å². The second-order valence-corrected chi connectivity index (χ2v) is 15.5. The number of alkyl halides is 4. The molecule has 0 spiro atoms. The topological polar surface area (TPSA) is 81.5 Å². The highest BCUT2D eigenvalue weighted by molar-refractivity contribution is 6.23. The summed E-state index contributed by atoms with van der Waals surface area (Å²) in [5, 5.41) is 8.07. The molecule has 6 aromatic carbocycles. The molecule has 0 aliphatic rings.